The molecule has 1 N–H and O–H groups in total. The minimum Gasteiger partial charge on any atom is -0.496 e. The van der Waals surface area contributed by atoms with Crippen molar-refractivity contribution in [1.82, 2.24) is 10.2 Å². The number of ether oxygens (including phenoxy) is 2. The summed E-state index contributed by atoms with van der Waals surface area (Å²) in [6.07, 6.45) is 0.913. The summed E-state index contributed by atoms with van der Waals surface area (Å²) in [5, 5.41) is 2.91. The molecule has 0 aliphatic carbocycles. The lowest BCUT2D eigenvalue weighted by Crippen LogP contribution is -2.27. The molecule has 0 bridgehead atoms. The maximum absolute atomic E-state index is 12.2. The molecule has 0 aliphatic heterocycles. The van der Waals surface area contributed by atoms with Crippen LogP contribution in [0.15, 0.2) is 12.1 Å². The third kappa shape index (κ3) is 4.13. The Kier molecular flexibility index (Phi) is 6.31. The minimum atomic E-state index is -0.119. The number of nitrogens with one attached hydrogen (secondary N) is 1. The zero-order chi connectivity index (χ0) is 15.1. The molecule has 1 rings (SSSR count). The Bertz CT molecular complexity index is 459. The van der Waals surface area contributed by atoms with Gasteiger partial charge in [-0.05, 0) is 46.1 Å². The molecule has 1 aromatic rings. The average molecular weight is 280 g/mol. The van der Waals surface area contributed by atoms with Gasteiger partial charge in [-0.3, -0.25) is 4.79 Å². The fourth-order valence-electron chi connectivity index (χ4n) is 2.03. The number of amides is 1. The van der Waals surface area contributed by atoms with Gasteiger partial charge < -0.3 is 19.7 Å². The van der Waals surface area contributed by atoms with Crippen LogP contribution in [0.1, 0.15) is 22.3 Å². The first-order chi connectivity index (χ1) is 9.51. The van der Waals surface area contributed by atoms with Gasteiger partial charge in [0, 0.05) is 12.1 Å². The highest BCUT2D eigenvalue weighted by Gasteiger charge is 2.16. The molecule has 0 heterocycles. The fourth-order valence-corrected chi connectivity index (χ4v) is 2.03. The topological polar surface area (TPSA) is 50.8 Å². The van der Waals surface area contributed by atoms with Crippen LogP contribution in [0.2, 0.25) is 0 Å². The monoisotopic (exact) mass is 280 g/mol. The van der Waals surface area contributed by atoms with Crippen LogP contribution in [0.5, 0.6) is 11.5 Å². The van der Waals surface area contributed by atoms with Gasteiger partial charge in [0.15, 0.2) is 0 Å². The summed E-state index contributed by atoms with van der Waals surface area (Å²) >= 11 is 0. The highest BCUT2D eigenvalue weighted by Crippen LogP contribution is 2.31. The molecule has 112 valence electrons. The minimum absolute atomic E-state index is 0.119. The van der Waals surface area contributed by atoms with Gasteiger partial charge in [-0.25, -0.2) is 0 Å². The van der Waals surface area contributed by atoms with Gasteiger partial charge in [-0.2, -0.15) is 0 Å². The number of hydrogen-bond acceptors (Lipinski definition) is 4. The number of methoxy groups -OCH3 is 2. The highest BCUT2D eigenvalue weighted by atomic mass is 16.5. The zero-order valence-electron chi connectivity index (χ0n) is 12.9. The molecule has 0 fully saturated rings. The summed E-state index contributed by atoms with van der Waals surface area (Å²) < 4.78 is 10.6. The number of nitrogens with zero attached hydrogens (tertiary/aromatic N) is 1. The molecule has 1 aromatic carbocycles. The average Bonchev–Trinajstić information content (AvgIpc) is 2.42. The number of hydrogen-bond donors (Lipinski definition) is 1. The van der Waals surface area contributed by atoms with Crippen molar-refractivity contribution < 1.29 is 14.3 Å². The van der Waals surface area contributed by atoms with Gasteiger partial charge in [-0.1, -0.05) is 0 Å². The molecule has 0 radical (unpaired) electrons. The van der Waals surface area contributed by atoms with Gasteiger partial charge in [0.25, 0.3) is 5.91 Å². The van der Waals surface area contributed by atoms with Crippen LogP contribution in [0.3, 0.4) is 0 Å². The van der Waals surface area contributed by atoms with E-state index in [0.717, 1.165) is 18.5 Å². The Balaban J connectivity index is 2.75. The summed E-state index contributed by atoms with van der Waals surface area (Å²) in [7, 11) is 7.18. The fraction of sp³-hybridized carbons (Fsp3) is 0.533. The van der Waals surface area contributed by atoms with Crippen LogP contribution in [-0.4, -0.2) is 52.2 Å². The van der Waals surface area contributed by atoms with Crippen molar-refractivity contribution in [1.29, 1.82) is 0 Å². The molecule has 0 atom stereocenters. The second-order valence-corrected chi connectivity index (χ2v) is 4.89. The molecular formula is C15H24N2O3. The van der Waals surface area contributed by atoms with Gasteiger partial charge in [0.1, 0.15) is 11.5 Å². The lowest BCUT2D eigenvalue weighted by molar-refractivity contribution is 0.0949. The van der Waals surface area contributed by atoms with Crippen LogP contribution >= 0.6 is 0 Å². The van der Waals surface area contributed by atoms with E-state index in [2.05, 4.69) is 10.2 Å². The molecule has 0 saturated heterocycles. The Morgan fingerprint density at radius 2 is 1.95 bits per heavy atom. The van der Waals surface area contributed by atoms with E-state index in [1.54, 1.807) is 26.4 Å². The Morgan fingerprint density at radius 3 is 2.50 bits per heavy atom. The van der Waals surface area contributed by atoms with E-state index in [9.17, 15) is 4.79 Å². The van der Waals surface area contributed by atoms with E-state index in [-0.39, 0.29) is 5.91 Å². The molecule has 20 heavy (non-hydrogen) atoms. The maximum atomic E-state index is 12.2. The number of rotatable bonds is 7. The first kappa shape index (κ1) is 16.3. The third-order valence-electron chi connectivity index (χ3n) is 3.09. The largest absolute Gasteiger partial charge is 0.496 e. The van der Waals surface area contributed by atoms with Crippen molar-refractivity contribution in [3.05, 3.63) is 23.3 Å². The van der Waals surface area contributed by atoms with Crippen LogP contribution < -0.4 is 14.8 Å². The summed E-state index contributed by atoms with van der Waals surface area (Å²) in [4.78, 5) is 14.3. The number of carbonyl (C=O) groups is 1. The molecule has 5 nitrogen and oxygen atoms in total. The Labute approximate surface area is 120 Å². The zero-order valence-corrected chi connectivity index (χ0v) is 12.9. The van der Waals surface area contributed by atoms with Crippen molar-refractivity contribution in [2.75, 3.05) is 41.4 Å². The van der Waals surface area contributed by atoms with E-state index in [4.69, 9.17) is 9.47 Å². The first-order valence-corrected chi connectivity index (χ1v) is 6.65. The second kappa shape index (κ2) is 7.75. The lowest BCUT2D eigenvalue weighted by atomic mass is 10.1. The maximum Gasteiger partial charge on any atom is 0.255 e. The predicted octanol–water partition coefficient (Wildman–Crippen LogP) is 1.69. The summed E-state index contributed by atoms with van der Waals surface area (Å²) in [5.74, 6) is 1.16. The van der Waals surface area contributed by atoms with E-state index < -0.39 is 0 Å². The summed E-state index contributed by atoms with van der Waals surface area (Å²) in [5.41, 5.74) is 1.37. The first-order valence-electron chi connectivity index (χ1n) is 6.65. The van der Waals surface area contributed by atoms with Crippen LogP contribution in [-0.2, 0) is 0 Å². The van der Waals surface area contributed by atoms with E-state index in [1.165, 1.54) is 0 Å². The SMILES string of the molecule is COc1ccc(C(=O)NCCCN(C)C)c(OC)c1C. The quantitative estimate of drug-likeness (QED) is 0.772. The van der Waals surface area contributed by atoms with E-state index in [0.29, 0.717) is 23.6 Å². The summed E-state index contributed by atoms with van der Waals surface area (Å²) in [6.45, 7) is 3.46. The Hall–Kier alpha value is -1.75. The van der Waals surface area contributed by atoms with Crippen molar-refractivity contribution >= 4 is 5.91 Å². The van der Waals surface area contributed by atoms with Crippen LogP contribution in [0.25, 0.3) is 0 Å². The molecular weight excluding hydrogens is 256 g/mol. The molecule has 0 spiro atoms. The van der Waals surface area contributed by atoms with Crippen molar-refractivity contribution in [3.63, 3.8) is 0 Å². The molecule has 5 heteroatoms. The van der Waals surface area contributed by atoms with Crippen LogP contribution in [0, 0.1) is 6.92 Å². The highest BCUT2D eigenvalue weighted by molar-refractivity contribution is 5.97. The normalized spacial score (nSPS) is 10.5. The predicted molar refractivity (Wildman–Crippen MR) is 79.8 cm³/mol. The van der Waals surface area contributed by atoms with Crippen molar-refractivity contribution in [2.45, 2.75) is 13.3 Å². The van der Waals surface area contributed by atoms with Gasteiger partial charge >= 0.3 is 0 Å². The van der Waals surface area contributed by atoms with Gasteiger partial charge in [0.05, 0.1) is 19.8 Å². The summed E-state index contributed by atoms with van der Waals surface area (Å²) in [6, 6.07) is 3.51. The molecule has 0 unspecified atom stereocenters. The van der Waals surface area contributed by atoms with E-state index >= 15 is 0 Å². The lowest BCUT2D eigenvalue weighted by Gasteiger charge is -2.15. The smallest absolute Gasteiger partial charge is 0.255 e. The van der Waals surface area contributed by atoms with Gasteiger partial charge in [-0.15, -0.1) is 0 Å². The van der Waals surface area contributed by atoms with Crippen molar-refractivity contribution in [2.24, 2.45) is 0 Å². The number of benzene rings is 1. The molecule has 1 amide bonds. The number of carbonyl (C=O) groups excluding carboxylic acids is 1. The van der Waals surface area contributed by atoms with E-state index in [1.807, 2.05) is 21.0 Å². The van der Waals surface area contributed by atoms with Crippen LogP contribution in [0.4, 0.5) is 0 Å². The third-order valence-corrected chi connectivity index (χ3v) is 3.09. The van der Waals surface area contributed by atoms with Gasteiger partial charge in [0.2, 0.25) is 0 Å². The molecule has 0 saturated carbocycles. The second-order valence-electron chi connectivity index (χ2n) is 4.89. The molecule has 0 aliphatic rings. The van der Waals surface area contributed by atoms with Crippen molar-refractivity contribution in [3.8, 4) is 11.5 Å². The molecule has 0 aromatic heterocycles. The standard InChI is InChI=1S/C15H24N2O3/c1-11-13(19-4)8-7-12(14(11)20-5)15(18)16-9-6-10-17(2)3/h7-8H,6,9-10H2,1-5H3,(H,16,18). The Morgan fingerprint density at radius 1 is 1.25 bits per heavy atom.